The van der Waals surface area contributed by atoms with Gasteiger partial charge in [-0.15, -0.1) is 23.5 Å². The fourth-order valence-corrected chi connectivity index (χ4v) is 5.66. The van der Waals surface area contributed by atoms with Gasteiger partial charge < -0.3 is 10.4 Å². The van der Waals surface area contributed by atoms with Gasteiger partial charge in [0, 0.05) is 12.0 Å². The highest BCUT2D eigenvalue weighted by Crippen LogP contribution is 2.43. The van der Waals surface area contributed by atoms with Gasteiger partial charge in [-0.25, -0.2) is 4.79 Å². The molecular formula is C20H21NO3S2. The first kappa shape index (κ1) is 18.9. The molecule has 3 rings (SSSR count). The minimum atomic E-state index is -1.03. The van der Waals surface area contributed by atoms with Crippen LogP contribution in [0.4, 0.5) is 0 Å². The van der Waals surface area contributed by atoms with Crippen LogP contribution in [0, 0.1) is 0 Å². The monoisotopic (exact) mass is 387 g/mol. The zero-order valence-corrected chi connectivity index (χ0v) is 15.9. The quantitative estimate of drug-likeness (QED) is 0.785. The zero-order valence-electron chi connectivity index (χ0n) is 14.3. The average molecular weight is 388 g/mol. The smallest absolute Gasteiger partial charge is 0.326 e. The summed E-state index contributed by atoms with van der Waals surface area (Å²) in [5.74, 6) is 0.942. The summed E-state index contributed by atoms with van der Waals surface area (Å²) in [7, 11) is 0. The molecule has 2 aromatic rings. The number of aliphatic carboxylic acids is 1. The van der Waals surface area contributed by atoms with Gasteiger partial charge in [0.25, 0.3) is 5.91 Å². The Kier molecular flexibility index (Phi) is 6.63. The van der Waals surface area contributed by atoms with Crippen LogP contribution in [0.5, 0.6) is 0 Å². The topological polar surface area (TPSA) is 66.4 Å². The Morgan fingerprint density at radius 3 is 2.31 bits per heavy atom. The number of carbonyl (C=O) groups excluding carboxylic acids is 1. The molecule has 2 aromatic carbocycles. The lowest BCUT2D eigenvalue weighted by Crippen LogP contribution is -2.42. The van der Waals surface area contributed by atoms with Crippen molar-refractivity contribution in [1.29, 1.82) is 0 Å². The molecule has 0 bridgehead atoms. The van der Waals surface area contributed by atoms with Crippen LogP contribution in [-0.4, -0.2) is 34.5 Å². The predicted octanol–water partition coefficient (Wildman–Crippen LogP) is 3.98. The van der Waals surface area contributed by atoms with E-state index in [0.29, 0.717) is 10.1 Å². The van der Waals surface area contributed by atoms with Crippen molar-refractivity contribution in [2.45, 2.75) is 23.5 Å². The number of amides is 1. The highest BCUT2D eigenvalue weighted by Gasteiger charge is 2.22. The minimum Gasteiger partial charge on any atom is -0.480 e. The Labute approximate surface area is 161 Å². The Hall–Kier alpha value is -1.92. The molecule has 1 saturated heterocycles. The zero-order chi connectivity index (χ0) is 18.4. The lowest BCUT2D eigenvalue weighted by molar-refractivity contribution is -0.139. The van der Waals surface area contributed by atoms with E-state index in [1.165, 1.54) is 23.5 Å². The minimum absolute atomic E-state index is 0.259. The molecule has 1 fully saturated rings. The highest BCUT2D eigenvalue weighted by atomic mass is 32.2. The van der Waals surface area contributed by atoms with Gasteiger partial charge in [-0.2, -0.15) is 0 Å². The number of carboxylic acids is 1. The third-order valence-electron chi connectivity index (χ3n) is 4.16. The first-order valence-electron chi connectivity index (χ1n) is 8.54. The molecule has 4 nitrogen and oxygen atoms in total. The van der Waals surface area contributed by atoms with Gasteiger partial charge in [0.05, 0.1) is 4.58 Å². The van der Waals surface area contributed by atoms with Crippen LogP contribution >= 0.6 is 23.5 Å². The van der Waals surface area contributed by atoms with Crippen molar-refractivity contribution in [2.24, 2.45) is 0 Å². The normalized spacial score (nSPS) is 16.0. The molecule has 0 spiro atoms. The number of thioether (sulfide) groups is 2. The van der Waals surface area contributed by atoms with Gasteiger partial charge in [0.2, 0.25) is 0 Å². The molecular weight excluding hydrogens is 366 g/mol. The molecule has 0 saturated carbocycles. The van der Waals surface area contributed by atoms with Crippen molar-refractivity contribution in [3.63, 3.8) is 0 Å². The Morgan fingerprint density at radius 2 is 1.69 bits per heavy atom. The molecule has 6 heteroatoms. The number of carbonyl (C=O) groups is 2. The SMILES string of the molecule is O=C(N[C@@H](Cc1ccccc1)C(=O)O)c1ccc(C2SCCCS2)cc1. The summed E-state index contributed by atoms with van der Waals surface area (Å²) in [6, 6.07) is 15.9. The number of hydrogen-bond acceptors (Lipinski definition) is 4. The fourth-order valence-electron chi connectivity index (χ4n) is 2.76. The van der Waals surface area contributed by atoms with E-state index in [-0.39, 0.29) is 12.3 Å². The van der Waals surface area contributed by atoms with Crippen molar-refractivity contribution < 1.29 is 14.7 Å². The third kappa shape index (κ3) is 5.05. The van der Waals surface area contributed by atoms with Gasteiger partial charge in [-0.1, -0.05) is 42.5 Å². The van der Waals surface area contributed by atoms with Gasteiger partial charge in [0.1, 0.15) is 6.04 Å². The maximum absolute atomic E-state index is 12.5. The summed E-state index contributed by atoms with van der Waals surface area (Å²) in [6.45, 7) is 0. The summed E-state index contributed by atoms with van der Waals surface area (Å²) < 4.78 is 0.422. The molecule has 0 radical (unpaired) electrons. The summed E-state index contributed by atoms with van der Waals surface area (Å²) in [6.07, 6.45) is 1.50. The molecule has 0 unspecified atom stereocenters. The van der Waals surface area contributed by atoms with E-state index in [2.05, 4.69) is 5.32 Å². The Balaban J connectivity index is 1.64. The van der Waals surface area contributed by atoms with Gasteiger partial charge in [-0.05, 0) is 41.2 Å². The van der Waals surface area contributed by atoms with Crippen LogP contribution in [0.1, 0.15) is 32.5 Å². The molecule has 0 aromatic heterocycles. The largest absolute Gasteiger partial charge is 0.480 e. The lowest BCUT2D eigenvalue weighted by Gasteiger charge is -2.21. The van der Waals surface area contributed by atoms with Crippen LogP contribution in [0.25, 0.3) is 0 Å². The van der Waals surface area contributed by atoms with Crippen LogP contribution in [0.2, 0.25) is 0 Å². The van der Waals surface area contributed by atoms with E-state index in [1.807, 2.05) is 66.0 Å². The van der Waals surface area contributed by atoms with Crippen molar-refractivity contribution in [1.82, 2.24) is 5.32 Å². The third-order valence-corrected chi connectivity index (χ3v) is 7.17. The predicted molar refractivity (Wildman–Crippen MR) is 108 cm³/mol. The first-order valence-corrected chi connectivity index (χ1v) is 10.6. The van der Waals surface area contributed by atoms with E-state index in [0.717, 1.165) is 5.56 Å². The van der Waals surface area contributed by atoms with E-state index in [1.54, 1.807) is 12.1 Å². The van der Waals surface area contributed by atoms with Crippen LogP contribution in [-0.2, 0) is 11.2 Å². The molecule has 1 amide bonds. The summed E-state index contributed by atoms with van der Waals surface area (Å²) >= 11 is 3.86. The maximum Gasteiger partial charge on any atom is 0.326 e. The van der Waals surface area contributed by atoms with E-state index >= 15 is 0 Å². The fraction of sp³-hybridized carbons (Fsp3) is 0.300. The molecule has 1 heterocycles. The summed E-state index contributed by atoms with van der Waals surface area (Å²) in [5, 5.41) is 12.1. The Morgan fingerprint density at radius 1 is 1.04 bits per heavy atom. The molecule has 0 aliphatic carbocycles. The van der Waals surface area contributed by atoms with Crippen molar-refractivity contribution in [2.75, 3.05) is 11.5 Å². The van der Waals surface area contributed by atoms with Gasteiger partial charge in [-0.3, -0.25) is 4.79 Å². The molecule has 1 atom stereocenters. The number of nitrogens with one attached hydrogen (secondary N) is 1. The number of rotatable bonds is 6. The van der Waals surface area contributed by atoms with Gasteiger partial charge >= 0.3 is 5.97 Å². The first-order chi connectivity index (χ1) is 12.6. The van der Waals surface area contributed by atoms with E-state index in [9.17, 15) is 14.7 Å². The molecule has 2 N–H and O–H groups in total. The van der Waals surface area contributed by atoms with Crippen LogP contribution in [0.15, 0.2) is 54.6 Å². The number of benzene rings is 2. The molecule has 1 aliphatic rings. The lowest BCUT2D eigenvalue weighted by atomic mass is 10.1. The molecule has 1 aliphatic heterocycles. The van der Waals surface area contributed by atoms with Crippen LogP contribution in [0.3, 0.4) is 0 Å². The van der Waals surface area contributed by atoms with Crippen molar-refractivity contribution in [3.8, 4) is 0 Å². The maximum atomic E-state index is 12.5. The molecule has 136 valence electrons. The van der Waals surface area contributed by atoms with Gasteiger partial charge in [0.15, 0.2) is 0 Å². The molecule has 26 heavy (non-hydrogen) atoms. The number of hydrogen-bond donors (Lipinski definition) is 2. The second-order valence-electron chi connectivity index (χ2n) is 6.10. The highest BCUT2D eigenvalue weighted by molar-refractivity contribution is 8.16. The summed E-state index contributed by atoms with van der Waals surface area (Å²) in [5.41, 5.74) is 2.57. The van der Waals surface area contributed by atoms with E-state index in [4.69, 9.17) is 0 Å². The Bertz CT molecular complexity index is 743. The second-order valence-corrected chi connectivity index (χ2v) is 8.83. The average Bonchev–Trinajstić information content (AvgIpc) is 2.69. The number of carboxylic acid groups (broad SMARTS) is 1. The van der Waals surface area contributed by atoms with E-state index < -0.39 is 12.0 Å². The summed E-state index contributed by atoms with van der Waals surface area (Å²) in [4.78, 5) is 24.0. The second kappa shape index (κ2) is 9.14. The van der Waals surface area contributed by atoms with Crippen molar-refractivity contribution in [3.05, 3.63) is 71.3 Å². The standard InChI is InChI=1S/C20H21NO3S2/c22-18(21-17(19(23)24)13-14-5-2-1-3-6-14)15-7-9-16(10-8-15)20-25-11-4-12-26-20/h1-3,5-10,17,20H,4,11-13H2,(H,21,22)(H,23,24)/t17-/m0/s1. The van der Waals surface area contributed by atoms with Crippen LogP contribution < -0.4 is 5.32 Å². The van der Waals surface area contributed by atoms with Crippen molar-refractivity contribution >= 4 is 35.4 Å².